The standard InChI is InChI=1S/C20H19ClF2N2O2/c1-2-27-20(26)25-8-7-13-15-9-11(21)3-6-17(15)24-18(13)19(25)14-5-4-12(22)10-16(14)23/h3-5,9-10,17,19,24H,2,6-8H2,1H3. The Labute approximate surface area is 161 Å². The monoisotopic (exact) mass is 392 g/mol. The fraction of sp³-hybridized carbons (Fsp3) is 0.350. The van der Waals surface area contributed by atoms with Gasteiger partial charge in [-0.3, -0.25) is 4.90 Å². The van der Waals surface area contributed by atoms with Crippen LogP contribution in [0.15, 0.2) is 52.2 Å². The Kier molecular flexibility index (Phi) is 4.68. The highest BCUT2D eigenvalue weighted by Crippen LogP contribution is 2.45. The molecule has 0 spiro atoms. The van der Waals surface area contributed by atoms with Crippen LogP contribution in [0.3, 0.4) is 0 Å². The molecule has 1 N–H and O–H groups in total. The Morgan fingerprint density at radius 3 is 2.96 bits per heavy atom. The average molecular weight is 393 g/mol. The lowest BCUT2D eigenvalue weighted by Gasteiger charge is -2.36. The SMILES string of the molecule is CCOC(=O)N1CCC2=C(NC3CC=C(Cl)C=C23)C1c1ccc(F)cc1F. The van der Waals surface area contributed by atoms with Gasteiger partial charge in [0, 0.05) is 28.9 Å². The van der Waals surface area contributed by atoms with Crippen molar-refractivity contribution in [3.63, 3.8) is 0 Å². The fourth-order valence-corrected chi connectivity index (χ4v) is 4.23. The molecule has 2 heterocycles. The summed E-state index contributed by atoms with van der Waals surface area (Å²) in [6.45, 7) is 2.33. The van der Waals surface area contributed by atoms with Crippen molar-refractivity contribution in [3.8, 4) is 0 Å². The fourth-order valence-electron chi connectivity index (χ4n) is 4.02. The second kappa shape index (κ2) is 7.00. The molecule has 1 aliphatic carbocycles. The number of fused-ring (bicyclic) bond motifs is 2. The summed E-state index contributed by atoms with van der Waals surface area (Å²) < 4.78 is 33.2. The summed E-state index contributed by atoms with van der Waals surface area (Å²) in [5.41, 5.74) is 3.12. The van der Waals surface area contributed by atoms with Crippen molar-refractivity contribution in [3.05, 3.63) is 69.4 Å². The van der Waals surface area contributed by atoms with E-state index in [1.165, 1.54) is 17.0 Å². The minimum atomic E-state index is -0.696. The zero-order valence-electron chi connectivity index (χ0n) is 14.8. The van der Waals surface area contributed by atoms with Crippen molar-refractivity contribution in [1.82, 2.24) is 10.2 Å². The number of rotatable bonds is 2. The van der Waals surface area contributed by atoms with Gasteiger partial charge in [-0.15, -0.1) is 0 Å². The Balaban J connectivity index is 1.81. The van der Waals surface area contributed by atoms with Crippen LogP contribution < -0.4 is 5.32 Å². The van der Waals surface area contributed by atoms with Gasteiger partial charge in [0.05, 0.1) is 12.6 Å². The van der Waals surface area contributed by atoms with Gasteiger partial charge in [0.2, 0.25) is 0 Å². The summed E-state index contributed by atoms with van der Waals surface area (Å²) in [4.78, 5) is 14.0. The second-order valence-corrected chi connectivity index (χ2v) is 7.16. The van der Waals surface area contributed by atoms with Gasteiger partial charge in [0.1, 0.15) is 17.7 Å². The predicted octanol–water partition coefficient (Wildman–Crippen LogP) is 4.55. The van der Waals surface area contributed by atoms with E-state index in [0.29, 0.717) is 18.0 Å². The summed E-state index contributed by atoms with van der Waals surface area (Å²) in [6.07, 6.45) is 4.67. The van der Waals surface area contributed by atoms with Crippen molar-refractivity contribution >= 4 is 17.7 Å². The third kappa shape index (κ3) is 3.12. The van der Waals surface area contributed by atoms with Crippen LogP contribution in [0.25, 0.3) is 0 Å². The van der Waals surface area contributed by atoms with Crippen molar-refractivity contribution in [2.45, 2.75) is 31.8 Å². The number of ether oxygens (including phenoxy) is 1. The highest BCUT2D eigenvalue weighted by atomic mass is 35.5. The summed E-state index contributed by atoms with van der Waals surface area (Å²) in [7, 11) is 0. The number of nitrogens with one attached hydrogen (secondary N) is 1. The molecule has 4 nitrogen and oxygen atoms in total. The van der Waals surface area contributed by atoms with E-state index in [4.69, 9.17) is 16.3 Å². The van der Waals surface area contributed by atoms with Gasteiger partial charge in [0.25, 0.3) is 0 Å². The number of amides is 1. The molecule has 142 valence electrons. The molecule has 0 aromatic heterocycles. The first-order valence-electron chi connectivity index (χ1n) is 8.95. The molecule has 0 saturated carbocycles. The quantitative estimate of drug-likeness (QED) is 0.803. The molecule has 1 aromatic rings. The maximum atomic E-state index is 14.6. The van der Waals surface area contributed by atoms with E-state index < -0.39 is 23.8 Å². The van der Waals surface area contributed by atoms with E-state index in [1.807, 2.05) is 12.2 Å². The molecular weight excluding hydrogens is 374 g/mol. The van der Waals surface area contributed by atoms with E-state index in [0.717, 1.165) is 29.3 Å². The molecule has 27 heavy (non-hydrogen) atoms. The molecule has 1 amide bonds. The Bertz CT molecular complexity index is 894. The molecule has 2 unspecified atom stereocenters. The van der Waals surface area contributed by atoms with Gasteiger partial charge < -0.3 is 10.1 Å². The number of hydrogen-bond acceptors (Lipinski definition) is 3. The Hall–Kier alpha value is -2.34. The lowest BCUT2D eigenvalue weighted by Crippen LogP contribution is -2.42. The lowest BCUT2D eigenvalue weighted by atomic mass is 9.88. The Morgan fingerprint density at radius 1 is 1.41 bits per heavy atom. The first kappa shape index (κ1) is 18.0. The molecule has 1 aromatic carbocycles. The maximum absolute atomic E-state index is 14.6. The smallest absolute Gasteiger partial charge is 0.410 e. The predicted molar refractivity (Wildman–Crippen MR) is 98.0 cm³/mol. The average Bonchev–Trinajstić information content (AvgIpc) is 2.99. The second-order valence-electron chi connectivity index (χ2n) is 6.72. The van der Waals surface area contributed by atoms with Gasteiger partial charge in [-0.05, 0) is 43.1 Å². The molecule has 2 atom stereocenters. The van der Waals surface area contributed by atoms with Crippen molar-refractivity contribution in [2.75, 3.05) is 13.2 Å². The van der Waals surface area contributed by atoms with Crippen LogP contribution in [0, 0.1) is 11.6 Å². The van der Waals surface area contributed by atoms with E-state index in [-0.39, 0.29) is 18.2 Å². The Morgan fingerprint density at radius 2 is 2.22 bits per heavy atom. The van der Waals surface area contributed by atoms with Crippen LogP contribution in [0.2, 0.25) is 0 Å². The number of carbonyl (C=O) groups is 1. The van der Waals surface area contributed by atoms with E-state index in [1.54, 1.807) is 6.92 Å². The molecular formula is C20H19ClF2N2O2. The third-order valence-electron chi connectivity index (χ3n) is 5.17. The molecule has 0 bridgehead atoms. The summed E-state index contributed by atoms with van der Waals surface area (Å²) in [5.74, 6) is -1.35. The van der Waals surface area contributed by atoms with Crippen LogP contribution in [0.1, 0.15) is 31.4 Å². The van der Waals surface area contributed by atoms with Crippen molar-refractivity contribution in [1.29, 1.82) is 0 Å². The van der Waals surface area contributed by atoms with Gasteiger partial charge in [-0.25, -0.2) is 13.6 Å². The number of hydrogen-bond donors (Lipinski definition) is 1. The van der Waals surface area contributed by atoms with Crippen LogP contribution in [-0.2, 0) is 4.74 Å². The molecule has 2 aliphatic heterocycles. The van der Waals surface area contributed by atoms with Crippen LogP contribution in [0.4, 0.5) is 13.6 Å². The minimum absolute atomic E-state index is 0.0469. The van der Waals surface area contributed by atoms with Crippen molar-refractivity contribution in [2.24, 2.45) is 0 Å². The first-order chi connectivity index (χ1) is 13.0. The third-order valence-corrected chi connectivity index (χ3v) is 5.43. The molecule has 7 heteroatoms. The molecule has 0 fully saturated rings. The minimum Gasteiger partial charge on any atom is -0.450 e. The van der Waals surface area contributed by atoms with E-state index >= 15 is 0 Å². The number of benzene rings is 1. The lowest BCUT2D eigenvalue weighted by molar-refractivity contribution is 0.0917. The van der Waals surface area contributed by atoms with Gasteiger partial charge in [0.15, 0.2) is 0 Å². The number of carbonyl (C=O) groups excluding carboxylic acids is 1. The number of allylic oxidation sites excluding steroid dienone is 2. The normalized spacial score (nSPS) is 23.9. The molecule has 0 radical (unpaired) electrons. The number of nitrogens with zero attached hydrogens (tertiary/aromatic N) is 1. The summed E-state index contributed by atoms with van der Waals surface area (Å²) in [6, 6.07) is 2.79. The highest BCUT2D eigenvalue weighted by molar-refractivity contribution is 6.31. The maximum Gasteiger partial charge on any atom is 0.410 e. The number of halogens is 3. The molecule has 0 saturated heterocycles. The van der Waals surface area contributed by atoms with Crippen LogP contribution in [0.5, 0.6) is 0 Å². The topological polar surface area (TPSA) is 41.6 Å². The van der Waals surface area contributed by atoms with Crippen LogP contribution in [-0.4, -0.2) is 30.2 Å². The largest absolute Gasteiger partial charge is 0.450 e. The zero-order valence-corrected chi connectivity index (χ0v) is 15.5. The van der Waals surface area contributed by atoms with Gasteiger partial charge in [-0.1, -0.05) is 23.7 Å². The first-order valence-corrected chi connectivity index (χ1v) is 9.33. The van der Waals surface area contributed by atoms with E-state index in [9.17, 15) is 13.6 Å². The highest BCUT2D eigenvalue weighted by Gasteiger charge is 2.42. The van der Waals surface area contributed by atoms with Crippen molar-refractivity contribution < 1.29 is 18.3 Å². The van der Waals surface area contributed by atoms with Crippen LogP contribution >= 0.6 is 11.6 Å². The molecule has 3 aliphatic rings. The zero-order chi connectivity index (χ0) is 19.1. The summed E-state index contributed by atoms with van der Waals surface area (Å²) in [5, 5.41) is 4.11. The van der Waals surface area contributed by atoms with E-state index in [2.05, 4.69) is 5.32 Å². The molecule has 4 rings (SSSR count). The van der Waals surface area contributed by atoms with Gasteiger partial charge >= 0.3 is 6.09 Å². The van der Waals surface area contributed by atoms with Gasteiger partial charge in [-0.2, -0.15) is 0 Å². The summed E-state index contributed by atoms with van der Waals surface area (Å²) >= 11 is 6.18.